The fourth-order valence-corrected chi connectivity index (χ4v) is 0.843. The Balaban J connectivity index is 2.67. The minimum absolute atomic E-state index is 0.537. The molecule has 1 heterocycles. The van der Waals surface area contributed by atoms with Crippen molar-refractivity contribution in [2.45, 2.75) is 19.1 Å². The maximum atomic E-state index is 12.0. The molecule has 1 unspecified atom stereocenters. The summed E-state index contributed by atoms with van der Waals surface area (Å²) in [6.07, 6.45) is -0.0920. The number of allylic oxidation sites excluding steroid dienone is 3. The Morgan fingerprint density at radius 1 is 1.45 bits per heavy atom. The molecule has 62 valence electrons. The third-order valence-electron chi connectivity index (χ3n) is 1.39. The lowest BCUT2D eigenvalue weighted by molar-refractivity contribution is -0.143. The molecule has 0 saturated heterocycles. The molecule has 0 aromatic carbocycles. The summed E-state index contributed by atoms with van der Waals surface area (Å²) in [5, 5.41) is 2.31. The van der Waals surface area contributed by atoms with Gasteiger partial charge in [-0.15, -0.1) is 0 Å². The molecule has 0 aliphatic carbocycles. The summed E-state index contributed by atoms with van der Waals surface area (Å²) >= 11 is 0. The average molecular weight is 163 g/mol. The van der Waals surface area contributed by atoms with Crippen molar-refractivity contribution in [3.63, 3.8) is 0 Å². The van der Waals surface area contributed by atoms with E-state index in [-0.39, 0.29) is 0 Å². The molecular weight excluding hydrogens is 155 g/mol. The highest BCUT2D eigenvalue weighted by molar-refractivity contribution is 5.19. The summed E-state index contributed by atoms with van der Waals surface area (Å²) < 4.78 is 35.9. The SMILES string of the molecule is CC1=CC=CC(C(F)(F)F)N1. The van der Waals surface area contributed by atoms with E-state index in [0.717, 1.165) is 6.08 Å². The molecule has 0 radical (unpaired) electrons. The predicted molar refractivity (Wildman–Crippen MR) is 35.9 cm³/mol. The van der Waals surface area contributed by atoms with Crippen LogP contribution in [-0.2, 0) is 0 Å². The number of hydrogen-bond donors (Lipinski definition) is 1. The van der Waals surface area contributed by atoms with Crippen LogP contribution in [0.5, 0.6) is 0 Å². The molecule has 11 heavy (non-hydrogen) atoms. The van der Waals surface area contributed by atoms with Gasteiger partial charge >= 0.3 is 6.18 Å². The molecule has 1 aliphatic rings. The van der Waals surface area contributed by atoms with Crippen LogP contribution in [0.2, 0.25) is 0 Å². The Morgan fingerprint density at radius 3 is 2.45 bits per heavy atom. The van der Waals surface area contributed by atoms with Crippen molar-refractivity contribution in [1.29, 1.82) is 0 Å². The fraction of sp³-hybridized carbons (Fsp3) is 0.429. The minimum atomic E-state index is -4.19. The van der Waals surface area contributed by atoms with Gasteiger partial charge in [0.2, 0.25) is 0 Å². The smallest absolute Gasteiger partial charge is 0.374 e. The molecule has 4 heteroatoms. The Bertz CT molecular complexity index is 202. The van der Waals surface area contributed by atoms with E-state index in [1.807, 2.05) is 0 Å². The van der Waals surface area contributed by atoms with Gasteiger partial charge in [0.25, 0.3) is 0 Å². The van der Waals surface area contributed by atoms with Crippen molar-refractivity contribution in [1.82, 2.24) is 5.32 Å². The largest absolute Gasteiger partial charge is 0.412 e. The van der Waals surface area contributed by atoms with E-state index in [9.17, 15) is 13.2 Å². The Labute approximate surface area is 62.6 Å². The molecule has 1 N–H and O–H groups in total. The van der Waals surface area contributed by atoms with Gasteiger partial charge < -0.3 is 5.32 Å². The second kappa shape index (κ2) is 2.60. The molecule has 1 rings (SSSR count). The highest BCUT2D eigenvalue weighted by Gasteiger charge is 2.38. The lowest BCUT2D eigenvalue weighted by Crippen LogP contribution is -2.40. The summed E-state index contributed by atoms with van der Waals surface area (Å²) in [7, 11) is 0. The van der Waals surface area contributed by atoms with Crippen molar-refractivity contribution in [2.24, 2.45) is 0 Å². The molecule has 0 amide bonds. The highest BCUT2D eigenvalue weighted by Crippen LogP contribution is 2.23. The average Bonchev–Trinajstić information content (AvgIpc) is 1.86. The van der Waals surface area contributed by atoms with Crippen molar-refractivity contribution < 1.29 is 13.2 Å². The van der Waals surface area contributed by atoms with Crippen LogP contribution in [0.1, 0.15) is 6.92 Å². The van der Waals surface area contributed by atoms with Gasteiger partial charge in [-0.25, -0.2) is 0 Å². The molecule has 1 aliphatic heterocycles. The van der Waals surface area contributed by atoms with Gasteiger partial charge in [-0.3, -0.25) is 0 Å². The number of nitrogens with one attached hydrogen (secondary N) is 1. The quantitative estimate of drug-likeness (QED) is 0.575. The van der Waals surface area contributed by atoms with E-state index in [1.54, 1.807) is 13.0 Å². The second-order valence-electron chi connectivity index (χ2n) is 2.40. The van der Waals surface area contributed by atoms with Crippen molar-refractivity contribution in [3.05, 3.63) is 23.9 Å². The zero-order valence-corrected chi connectivity index (χ0v) is 5.94. The van der Waals surface area contributed by atoms with Gasteiger partial charge in [0.1, 0.15) is 6.04 Å². The summed E-state index contributed by atoms with van der Waals surface area (Å²) in [4.78, 5) is 0. The van der Waals surface area contributed by atoms with Crippen LogP contribution < -0.4 is 5.32 Å². The van der Waals surface area contributed by atoms with Gasteiger partial charge in [0.05, 0.1) is 0 Å². The van der Waals surface area contributed by atoms with Gasteiger partial charge in [-0.1, -0.05) is 12.2 Å². The van der Waals surface area contributed by atoms with Crippen molar-refractivity contribution in [2.75, 3.05) is 0 Å². The molecule has 1 atom stereocenters. The first-order valence-electron chi connectivity index (χ1n) is 3.18. The molecule has 0 bridgehead atoms. The highest BCUT2D eigenvalue weighted by atomic mass is 19.4. The van der Waals surface area contributed by atoms with Crippen molar-refractivity contribution >= 4 is 0 Å². The van der Waals surface area contributed by atoms with Crippen LogP contribution in [0, 0.1) is 0 Å². The third-order valence-corrected chi connectivity index (χ3v) is 1.39. The Hall–Kier alpha value is -0.930. The van der Waals surface area contributed by atoms with E-state index in [1.165, 1.54) is 6.08 Å². The first kappa shape index (κ1) is 8.17. The molecular formula is C7H8F3N. The maximum absolute atomic E-state index is 12.0. The van der Waals surface area contributed by atoms with Gasteiger partial charge in [0.15, 0.2) is 0 Å². The number of dihydropyridines is 1. The van der Waals surface area contributed by atoms with Gasteiger partial charge in [-0.05, 0) is 13.0 Å². The summed E-state index contributed by atoms with van der Waals surface area (Å²) in [6.45, 7) is 1.60. The first-order valence-corrected chi connectivity index (χ1v) is 3.18. The number of rotatable bonds is 0. The predicted octanol–water partition coefficient (Wildman–Crippen LogP) is 1.98. The summed E-state index contributed by atoms with van der Waals surface area (Å²) in [5.41, 5.74) is 0.537. The van der Waals surface area contributed by atoms with E-state index < -0.39 is 12.2 Å². The Morgan fingerprint density at radius 2 is 2.09 bits per heavy atom. The zero-order valence-electron chi connectivity index (χ0n) is 5.94. The first-order chi connectivity index (χ1) is 5.00. The zero-order chi connectivity index (χ0) is 8.48. The molecule has 1 nitrogen and oxygen atoms in total. The lowest BCUT2D eigenvalue weighted by Gasteiger charge is -2.21. The topological polar surface area (TPSA) is 12.0 Å². The fourth-order valence-electron chi connectivity index (χ4n) is 0.843. The van der Waals surface area contributed by atoms with Crippen molar-refractivity contribution in [3.8, 4) is 0 Å². The molecule has 0 aromatic rings. The number of alkyl halides is 3. The molecule has 0 saturated carbocycles. The van der Waals surface area contributed by atoms with E-state index in [0.29, 0.717) is 5.70 Å². The van der Waals surface area contributed by atoms with Crippen LogP contribution in [0.3, 0.4) is 0 Å². The van der Waals surface area contributed by atoms with Crippen LogP contribution in [0.25, 0.3) is 0 Å². The number of halogens is 3. The Kier molecular flexibility index (Phi) is 1.93. The lowest BCUT2D eigenvalue weighted by atomic mass is 10.2. The van der Waals surface area contributed by atoms with Gasteiger partial charge in [0, 0.05) is 5.70 Å². The van der Waals surface area contributed by atoms with Crippen LogP contribution >= 0.6 is 0 Å². The standard InChI is InChI=1S/C7H8F3N/c1-5-3-2-4-6(11-5)7(8,9)10/h2-4,6,11H,1H3. The van der Waals surface area contributed by atoms with E-state index in [4.69, 9.17) is 0 Å². The second-order valence-corrected chi connectivity index (χ2v) is 2.40. The molecule has 0 fully saturated rings. The minimum Gasteiger partial charge on any atom is -0.374 e. The van der Waals surface area contributed by atoms with E-state index >= 15 is 0 Å². The molecule has 0 aromatic heterocycles. The number of hydrogen-bond acceptors (Lipinski definition) is 1. The normalized spacial score (nSPS) is 24.4. The monoisotopic (exact) mass is 163 g/mol. The molecule has 0 spiro atoms. The maximum Gasteiger partial charge on any atom is 0.412 e. The third kappa shape index (κ3) is 2.00. The van der Waals surface area contributed by atoms with Crippen LogP contribution in [-0.4, -0.2) is 12.2 Å². The van der Waals surface area contributed by atoms with Gasteiger partial charge in [-0.2, -0.15) is 13.2 Å². The summed E-state index contributed by atoms with van der Waals surface area (Å²) in [5.74, 6) is 0. The van der Waals surface area contributed by atoms with Crippen LogP contribution in [0.4, 0.5) is 13.2 Å². The van der Waals surface area contributed by atoms with Crippen LogP contribution in [0.15, 0.2) is 23.9 Å². The summed E-state index contributed by atoms with van der Waals surface area (Å²) in [6, 6.07) is -1.52. The van der Waals surface area contributed by atoms with E-state index in [2.05, 4.69) is 5.32 Å².